The lowest BCUT2D eigenvalue weighted by molar-refractivity contribution is -0.123. The second kappa shape index (κ2) is 11.3. The van der Waals surface area contributed by atoms with E-state index in [1.165, 1.54) is 5.57 Å². The zero-order valence-electron chi connectivity index (χ0n) is 21.5. The van der Waals surface area contributed by atoms with E-state index in [9.17, 15) is 9.59 Å². The molecule has 8 nitrogen and oxygen atoms in total. The van der Waals surface area contributed by atoms with Gasteiger partial charge in [0.1, 0.15) is 23.4 Å². The first-order valence-electron chi connectivity index (χ1n) is 13.0. The third-order valence-electron chi connectivity index (χ3n) is 6.81. The molecule has 4 bridgehead atoms. The Labute approximate surface area is 218 Å². The number of hydrogen-bond acceptors (Lipinski definition) is 6. The molecule has 37 heavy (non-hydrogen) atoms. The smallest absolute Gasteiger partial charge is 0.258 e. The summed E-state index contributed by atoms with van der Waals surface area (Å²) in [4.78, 5) is 28.1. The third kappa shape index (κ3) is 7.04. The van der Waals surface area contributed by atoms with Gasteiger partial charge < -0.3 is 24.8 Å². The van der Waals surface area contributed by atoms with Crippen molar-refractivity contribution in [1.82, 2.24) is 15.5 Å². The number of rotatable bonds is 5. The molecule has 1 aliphatic carbocycles. The minimum Gasteiger partial charge on any atom is -0.493 e. The normalized spacial score (nSPS) is 22.1. The second-order valence-corrected chi connectivity index (χ2v) is 10.4. The van der Waals surface area contributed by atoms with E-state index >= 15 is 0 Å². The van der Waals surface area contributed by atoms with Gasteiger partial charge in [0.05, 0.1) is 12.6 Å². The van der Waals surface area contributed by atoms with Gasteiger partial charge in [0.15, 0.2) is 6.61 Å². The van der Waals surface area contributed by atoms with Gasteiger partial charge in [0, 0.05) is 37.8 Å². The largest absolute Gasteiger partial charge is 0.493 e. The second-order valence-electron chi connectivity index (χ2n) is 10.4. The summed E-state index contributed by atoms with van der Waals surface area (Å²) in [7, 11) is 0. The van der Waals surface area contributed by atoms with Crippen LogP contribution in [-0.2, 0) is 11.3 Å². The highest BCUT2D eigenvalue weighted by Gasteiger charge is 2.35. The number of benzene rings is 2. The van der Waals surface area contributed by atoms with Crippen LogP contribution < -0.4 is 24.8 Å². The van der Waals surface area contributed by atoms with Gasteiger partial charge in [-0.05, 0) is 62.4 Å². The summed E-state index contributed by atoms with van der Waals surface area (Å²) in [5.41, 5.74) is 2.65. The highest BCUT2D eigenvalue weighted by atomic mass is 16.5. The van der Waals surface area contributed by atoms with Crippen LogP contribution in [0.1, 0.15) is 42.6 Å². The number of likely N-dealkylation sites (tertiary alicyclic amines) is 1. The molecule has 3 heterocycles. The van der Waals surface area contributed by atoms with E-state index in [1.54, 1.807) is 18.2 Å². The zero-order valence-corrected chi connectivity index (χ0v) is 21.5. The van der Waals surface area contributed by atoms with Crippen LogP contribution in [0.3, 0.4) is 0 Å². The number of carbonyl (C=O) groups is 2. The van der Waals surface area contributed by atoms with Gasteiger partial charge in [0.25, 0.3) is 11.8 Å². The van der Waals surface area contributed by atoms with Gasteiger partial charge in [-0.1, -0.05) is 23.8 Å². The molecule has 8 heteroatoms. The summed E-state index contributed by atoms with van der Waals surface area (Å²) < 4.78 is 18.1. The number of nitrogens with zero attached hydrogens (tertiary/aromatic N) is 1. The van der Waals surface area contributed by atoms with Gasteiger partial charge in [-0.2, -0.15) is 0 Å². The van der Waals surface area contributed by atoms with Crippen LogP contribution in [-0.4, -0.2) is 61.7 Å². The molecule has 0 aromatic heterocycles. The van der Waals surface area contributed by atoms with E-state index in [2.05, 4.69) is 35.5 Å². The molecule has 0 spiro atoms. The minimum absolute atomic E-state index is 0.154. The van der Waals surface area contributed by atoms with Crippen LogP contribution >= 0.6 is 0 Å². The van der Waals surface area contributed by atoms with Gasteiger partial charge in [0.2, 0.25) is 0 Å². The maximum absolute atomic E-state index is 13.4. The first-order valence-corrected chi connectivity index (χ1v) is 13.0. The van der Waals surface area contributed by atoms with Crippen LogP contribution in [0.2, 0.25) is 0 Å². The lowest BCUT2D eigenvalue weighted by atomic mass is 10.1. The molecule has 2 N–H and O–H groups in total. The summed E-state index contributed by atoms with van der Waals surface area (Å²) in [5, 5.41) is 6.06. The summed E-state index contributed by atoms with van der Waals surface area (Å²) in [6.45, 7) is 7.19. The van der Waals surface area contributed by atoms with Gasteiger partial charge in [-0.25, -0.2) is 0 Å². The average molecular weight is 506 g/mol. The molecule has 2 fully saturated rings. The lowest BCUT2D eigenvalue weighted by Gasteiger charge is -2.22. The number of nitrogens with one attached hydrogen (secondary N) is 2. The number of fused-ring (bicyclic) bond motifs is 7. The number of carbonyl (C=O) groups excluding carboxylic acids is 2. The molecular formula is C29H35N3O5. The fraction of sp³-hybridized carbons (Fsp3) is 0.448. The molecule has 2 atom stereocenters. The third-order valence-corrected chi connectivity index (χ3v) is 6.81. The monoisotopic (exact) mass is 505 g/mol. The van der Waals surface area contributed by atoms with E-state index in [-0.39, 0.29) is 30.6 Å². The molecule has 6 rings (SSSR count). The van der Waals surface area contributed by atoms with Crippen molar-refractivity contribution in [3.05, 3.63) is 65.2 Å². The Morgan fingerprint density at radius 2 is 1.89 bits per heavy atom. The average Bonchev–Trinajstić information content (AvgIpc) is 3.65. The fourth-order valence-electron chi connectivity index (χ4n) is 4.45. The molecule has 0 radical (unpaired) electrons. The molecule has 1 saturated heterocycles. The molecule has 2 aromatic carbocycles. The molecule has 4 aliphatic rings. The topological polar surface area (TPSA) is 89.1 Å². The standard InChI is InChI=1S/C29H35N3O5/c1-19(2)9-10-32-15-26-27(16-32)37-23-7-5-20(6-8-23)14-30-28(33)18-36-25-12-22(29(34)31-26)11-24(13-25)35-17-21-3-4-21/h5-9,11-13,21,26-27H,3-4,10,14-18H2,1-2H3,(H,30,33)(H,31,34)/t26-,27-/m0/s1. The SMILES string of the molecule is CC(C)=CCN1C[C@@H]2NC(=O)c3cc(cc(OCC4CC4)c3)OCC(=O)NCc3ccc(cc3)O[C@H]2C1. The van der Waals surface area contributed by atoms with Crippen LogP contribution in [0, 0.1) is 5.92 Å². The van der Waals surface area contributed by atoms with E-state index in [0.717, 1.165) is 30.7 Å². The number of ether oxygens (including phenoxy) is 3. The number of hydrogen-bond donors (Lipinski definition) is 2. The number of amides is 2. The molecule has 2 aromatic rings. The van der Waals surface area contributed by atoms with E-state index < -0.39 is 0 Å². The summed E-state index contributed by atoms with van der Waals surface area (Å²) >= 11 is 0. The predicted octanol–water partition coefficient (Wildman–Crippen LogP) is 3.31. The van der Waals surface area contributed by atoms with Crippen LogP contribution in [0.15, 0.2) is 54.1 Å². The first kappa shape index (κ1) is 25.1. The molecule has 0 unspecified atom stereocenters. The van der Waals surface area contributed by atoms with Crippen molar-refractivity contribution < 1.29 is 23.8 Å². The maximum atomic E-state index is 13.4. The van der Waals surface area contributed by atoms with Crippen molar-refractivity contribution in [1.29, 1.82) is 0 Å². The lowest BCUT2D eigenvalue weighted by Crippen LogP contribution is -2.45. The van der Waals surface area contributed by atoms with Gasteiger partial charge in [-0.3, -0.25) is 14.5 Å². The summed E-state index contributed by atoms with van der Waals surface area (Å²) in [5.74, 6) is 1.81. The Hall–Kier alpha value is -3.52. The van der Waals surface area contributed by atoms with Crippen molar-refractivity contribution >= 4 is 11.8 Å². The quantitative estimate of drug-likeness (QED) is 0.607. The molecule has 2 amide bonds. The van der Waals surface area contributed by atoms with Gasteiger partial charge in [-0.15, -0.1) is 0 Å². The Balaban J connectivity index is 1.41. The molecule has 3 aliphatic heterocycles. The summed E-state index contributed by atoms with van der Waals surface area (Å²) in [6.07, 6.45) is 4.31. The van der Waals surface area contributed by atoms with Crippen LogP contribution in [0.5, 0.6) is 17.2 Å². The predicted molar refractivity (Wildman–Crippen MR) is 140 cm³/mol. The Morgan fingerprint density at radius 3 is 2.65 bits per heavy atom. The fourth-order valence-corrected chi connectivity index (χ4v) is 4.45. The maximum Gasteiger partial charge on any atom is 0.258 e. The minimum atomic E-state index is -0.245. The first-order chi connectivity index (χ1) is 17.9. The van der Waals surface area contributed by atoms with Crippen LogP contribution in [0.4, 0.5) is 0 Å². The van der Waals surface area contributed by atoms with Crippen molar-refractivity contribution in [3.8, 4) is 17.2 Å². The highest BCUT2D eigenvalue weighted by molar-refractivity contribution is 5.95. The molecule has 1 saturated carbocycles. The highest BCUT2D eigenvalue weighted by Crippen LogP contribution is 2.31. The van der Waals surface area contributed by atoms with Crippen LogP contribution in [0.25, 0.3) is 0 Å². The van der Waals surface area contributed by atoms with Gasteiger partial charge >= 0.3 is 0 Å². The van der Waals surface area contributed by atoms with E-state index in [1.807, 2.05) is 24.3 Å². The Bertz CT molecular complexity index is 1150. The van der Waals surface area contributed by atoms with E-state index in [0.29, 0.717) is 49.2 Å². The molecule has 196 valence electrons. The van der Waals surface area contributed by atoms with Crippen molar-refractivity contribution in [2.75, 3.05) is 32.8 Å². The Kier molecular flexibility index (Phi) is 7.65. The molecular weight excluding hydrogens is 470 g/mol. The summed E-state index contributed by atoms with van der Waals surface area (Å²) in [6, 6.07) is 12.6. The Morgan fingerprint density at radius 1 is 1.08 bits per heavy atom. The number of allylic oxidation sites excluding steroid dienone is 1. The van der Waals surface area contributed by atoms with E-state index in [4.69, 9.17) is 14.2 Å². The van der Waals surface area contributed by atoms with Crippen molar-refractivity contribution in [2.45, 2.75) is 45.4 Å². The zero-order chi connectivity index (χ0) is 25.8. The van der Waals surface area contributed by atoms with Crippen molar-refractivity contribution in [3.63, 3.8) is 0 Å². The van der Waals surface area contributed by atoms with Crippen molar-refractivity contribution in [2.24, 2.45) is 5.92 Å².